The highest BCUT2D eigenvalue weighted by molar-refractivity contribution is 6.34. The van der Waals surface area contributed by atoms with Gasteiger partial charge < -0.3 is 4.42 Å². The highest BCUT2D eigenvalue weighted by Gasteiger charge is 2.39. The van der Waals surface area contributed by atoms with Crippen molar-refractivity contribution in [1.82, 2.24) is 0 Å². The molecule has 5 rings (SSSR count). The first-order valence-corrected chi connectivity index (χ1v) is 8.21. The number of fused-ring (bicyclic) bond motifs is 7. The largest absolute Gasteiger partial charge is 0.456 e. The normalized spacial score (nSPS) is 15.1. The number of para-hydroxylation sites is 1. The summed E-state index contributed by atoms with van der Waals surface area (Å²) < 4.78 is 6.26. The fraction of sp³-hybridized carbons (Fsp3) is 0.143. The Morgan fingerprint density at radius 1 is 0.870 bits per heavy atom. The molecule has 1 aromatic heterocycles. The van der Waals surface area contributed by atoms with E-state index in [0.717, 1.165) is 21.8 Å². The van der Waals surface area contributed by atoms with E-state index in [1.165, 1.54) is 27.5 Å². The smallest absolute Gasteiger partial charge is 0.140 e. The van der Waals surface area contributed by atoms with Crippen LogP contribution in [-0.2, 0) is 5.41 Å². The predicted octanol–water partition coefficient (Wildman–Crippen LogP) is 6.55. The van der Waals surface area contributed by atoms with Gasteiger partial charge in [0.1, 0.15) is 11.2 Å². The number of hydrogen-bond donors (Lipinski definition) is 0. The molecule has 112 valence electrons. The van der Waals surface area contributed by atoms with Gasteiger partial charge >= 0.3 is 0 Å². The minimum Gasteiger partial charge on any atom is -0.456 e. The third kappa shape index (κ3) is 1.53. The maximum Gasteiger partial charge on any atom is 0.140 e. The van der Waals surface area contributed by atoms with Crippen molar-refractivity contribution in [2.45, 2.75) is 19.3 Å². The summed E-state index contributed by atoms with van der Waals surface area (Å²) in [6, 6.07) is 18.8. The van der Waals surface area contributed by atoms with Crippen LogP contribution in [0.2, 0.25) is 5.02 Å². The molecule has 1 nitrogen and oxygen atoms in total. The lowest BCUT2D eigenvalue weighted by Gasteiger charge is -2.21. The second kappa shape index (κ2) is 4.18. The number of rotatable bonds is 0. The summed E-state index contributed by atoms with van der Waals surface area (Å²) in [5.41, 5.74) is 6.67. The summed E-state index contributed by atoms with van der Waals surface area (Å²) in [4.78, 5) is 0. The Morgan fingerprint density at radius 3 is 2.57 bits per heavy atom. The third-order valence-corrected chi connectivity index (χ3v) is 5.44. The van der Waals surface area contributed by atoms with E-state index in [0.29, 0.717) is 0 Å². The Kier molecular flexibility index (Phi) is 2.40. The maximum atomic E-state index is 6.52. The SMILES string of the molecule is CC1(C)c2cccc(Cl)c2-c2ccc3c(oc4ccccc43)c21. The van der Waals surface area contributed by atoms with Crippen molar-refractivity contribution in [1.29, 1.82) is 0 Å². The van der Waals surface area contributed by atoms with Crippen molar-refractivity contribution in [3.8, 4) is 11.1 Å². The van der Waals surface area contributed by atoms with E-state index < -0.39 is 0 Å². The number of halogens is 1. The van der Waals surface area contributed by atoms with Gasteiger partial charge in [0, 0.05) is 32.3 Å². The van der Waals surface area contributed by atoms with Crippen LogP contribution in [-0.4, -0.2) is 0 Å². The number of hydrogen-bond acceptors (Lipinski definition) is 1. The van der Waals surface area contributed by atoms with Gasteiger partial charge in [-0.1, -0.05) is 61.8 Å². The molecule has 0 unspecified atom stereocenters. The van der Waals surface area contributed by atoms with Crippen molar-refractivity contribution < 1.29 is 4.42 Å². The van der Waals surface area contributed by atoms with Crippen molar-refractivity contribution in [2.75, 3.05) is 0 Å². The molecule has 1 aliphatic rings. The van der Waals surface area contributed by atoms with Gasteiger partial charge in [-0.05, 0) is 29.3 Å². The summed E-state index contributed by atoms with van der Waals surface area (Å²) in [6.07, 6.45) is 0. The van der Waals surface area contributed by atoms with Crippen molar-refractivity contribution in [3.05, 3.63) is 70.7 Å². The number of benzene rings is 3. The molecule has 0 radical (unpaired) electrons. The van der Waals surface area contributed by atoms with Crippen molar-refractivity contribution in [3.63, 3.8) is 0 Å². The zero-order chi connectivity index (χ0) is 15.8. The minimum atomic E-state index is -0.122. The summed E-state index contributed by atoms with van der Waals surface area (Å²) >= 11 is 6.52. The zero-order valence-corrected chi connectivity index (χ0v) is 13.7. The Bertz CT molecular complexity index is 1100. The van der Waals surface area contributed by atoms with E-state index in [-0.39, 0.29) is 5.41 Å². The lowest BCUT2D eigenvalue weighted by molar-refractivity contribution is 0.620. The van der Waals surface area contributed by atoms with Gasteiger partial charge in [0.05, 0.1) is 0 Å². The van der Waals surface area contributed by atoms with Gasteiger partial charge in [-0.3, -0.25) is 0 Å². The molecule has 0 aliphatic heterocycles. The van der Waals surface area contributed by atoms with E-state index >= 15 is 0 Å². The Balaban J connectivity index is 2.00. The lowest BCUT2D eigenvalue weighted by Crippen LogP contribution is -2.15. The lowest BCUT2D eigenvalue weighted by atomic mass is 9.82. The quantitative estimate of drug-likeness (QED) is 0.358. The molecule has 1 aliphatic carbocycles. The summed E-state index contributed by atoms with van der Waals surface area (Å²) in [6.45, 7) is 4.50. The van der Waals surface area contributed by atoms with E-state index in [1.807, 2.05) is 24.3 Å². The third-order valence-electron chi connectivity index (χ3n) is 5.13. The van der Waals surface area contributed by atoms with Crippen LogP contribution in [0.25, 0.3) is 33.1 Å². The Hall–Kier alpha value is -2.25. The molecule has 0 fully saturated rings. The van der Waals surface area contributed by atoms with Crippen LogP contribution in [0.5, 0.6) is 0 Å². The number of furan rings is 1. The van der Waals surface area contributed by atoms with E-state index in [4.69, 9.17) is 16.0 Å². The molecule has 0 spiro atoms. The molecule has 0 N–H and O–H groups in total. The second-order valence-electron chi connectivity index (χ2n) is 6.75. The molecule has 2 heteroatoms. The topological polar surface area (TPSA) is 13.1 Å². The first-order valence-electron chi connectivity index (χ1n) is 7.83. The molecule has 1 heterocycles. The van der Waals surface area contributed by atoms with E-state index in [9.17, 15) is 0 Å². The monoisotopic (exact) mass is 318 g/mol. The Labute approximate surface area is 139 Å². The first-order chi connectivity index (χ1) is 11.1. The van der Waals surface area contributed by atoms with Gasteiger partial charge in [0.15, 0.2) is 0 Å². The first kappa shape index (κ1) is 13.2. The van der Waals surface area contributed by atoms with Crippen LogP contribution < -0.4 is 0 Å². The molecular weight excluding hydrogens is 304 g/mol. The van der Waals surface area contributed by atoms with Crippen LogP contribution in [0.4, 0.5) is 0 Å². The van der Waals surface area contributed by atoms with Crippen LogP contribution in [0.1, 0.15) is 25.0 Å². The van der Waals surface area contributed by atoms with E-state index in [1.54, 1.807) is 0 Å². The molecule has 0 atom stereocenters. The van der Waals surface area contributed by atoms with Crippen LogP contribution in [0.3, 0.4) is 0 Å². The second-order valence-corrected chi connectivity index (χ2v) is 7.16. The van der Waals surface area contributed by atoms with Crippen LogP contribution in [0.15, 0.2) is 59.0 Å². The van der Waals surface area contributed by atoms with Gasteiger partial charge in [0.2, 0.25) is 0 Å². The average Bonchev–Trinajstić information content (AvgIpc) is 3.02. The van der Waals surface area contributed by atoms with Gasteiger partial charge in [0.25, 0.3) is 0 Å². The van der Waals surface area contributed by atoms with Crippen LogP contribution in [0, 0.1) is 0 Å². The molecule has 3 aromatic carbocycles. The highest BCUT2D eigenvalue weighted by atomic mass is 35.5. The average molecular weight is 319 g/mol. The fourth-order valence-electron chi connectivity index (χ4n) is 4.07. The summed E-state index contributed by atoms with van der Waals surface area (Å²) in [7, 11) is 0. The van der Waals surface area contributed by atoms with Crippen molar-refractivity contribution in [2.24, 2.45) is 0 Å². The predicted molar refractivity (Wildman–Crippen MR) is 96.3 cm³/mol. The molecule has 0 bridgehead atoms. The van der Waals surface area contributed by atoms with Crippen molar-refractivity contribution >= 4 is 33.5 Å². The maximum absolute atomic E-state index is 6.52. The highest BCUT2D eigenvalue weighted by Crippen LogP contribution is 2.54. The van der Waals surface area contributed by atoms with Gasteiger partial charge in [-0.2, -0.15) is 0 Å². The molecule has 0 saturated heterocycles. The van der Waals surface area contributed by atoms with Gasteiger partial charge in [-0.25, -0.2) is 0 Å². The molecule has 0 amide bonds. The zero-order valence-electron chi connectivity index (χ0n) is 13.0. The molecule has 4 aromatic rings. The molecule has 23 heavy (non-hydrogen) atoms. The summed E-state index contributed by atoms with van der Waals surface area (Å²) in [5.74, 6) is 0. The minimum absolute atomic E-state index is 0.122. The van der Waals surface area contributed by atoms with Gasteiger partial charge in [-0.15, -0.1) is 0 Å². The van der Waals surface area contributed by atoms with Crippen LogP contribution >= 0.6 is 11.6 Å². The Morgan fingerprint density at radius 2 is 1.70 bits per heavy atom. The molecular formula is C21H15ClO. The van der Waals surface area contributed by atoms with E-state index in [2.05, 4.69) is 44.2 Å². The molecule has 0 saturated carbocycles. The fourth-order valence-corrected chi connectivity index (χ4v) is 4.35. The standard InChI is InChI=1S/C21H15ClO/c1-21(2)15-7-5-8-16(22)18(15)14-11-10-13-12-6-3-4-9-17(12)23-20(13)19(14)21/h3-11H,1-2H3. The summed E-state index contributed by atoms with van der Waals surface area (Å²) in [5, 5.41) is 3.16.